The van der Waals surface area contributed by atoms with Crippen LogP contribution in [0.2, 0.25) is 5.02 Å². The van der Waals surface area contributed by atoms with E-state index < -0.39 is 5.91 Å². The lowest BCUT2D eigenvalue weighted by atomic mass is 9.87. The molecular weight excluding hydrogens is 390 g/mol. The molecule has 1 heterocycles. The van der Waals surface area contributed by atoms with Gasteiger partial charge in [0.15, 0.2) is 6.61 Å². The van der Waals surface area contributed by atoms with Crippen molar-refractivity contribution in [3.63, 3.8) is 0 Å². The molecule has 0 spiro atoms. The Bertz CT molecular complexity index is 1080. The molecule has 150 valence electrons. The second kappa shape index (κ2) is 8.17. The smallest absolute Gasteiger partial charge is 0.276 e. The van der Waals surface area contributed by atoms with Gasteiger partial charge in [0.25, 0.3) is 11.8 Å². The summed E-state index contributed by atoms with van der Waals surface area (Å²) in [6, 6.07) is 12.4. The van der Waals surface area contributed by atoms with E-state index in [2.05, 4.69) is 22.8 Å². The van der Waals surface area contributed by atoms with Crippen molar-refractivity contribution >= 4 is 34.3 Å². The van der Waals surface area contributed by atoms with Crippen molar-refractivity contribution in [3.8, 4) is 5.75 Å². The first-order chi connectivity index (χ1) is 14.0. The number of carbonyl (C=O) groups excluding carboxylic acids is 2. The molecule has 1 aliphatic rings. The second-order valence-corrected chi connectivity index (χ2v) is 7.82. The molecule has 0 saturated carbocycles. The zero-order valence-corrected chi connectivity index (χ0v) is 16.8. The number of amides is 2. The molecular formula is C22H22ClN3O3. The minimum absolute atomic E-state index is 0.258. The number of aromatic nitrogens is 1. The summed E-state index contributed by atoms with van der Waals surface area (Å²) < 4.78 is 5.36. The Labute approximate surface area is 173 Å². The molecule has 3 aromatic rings. The SMILES string of the molecule is CC1CCc2[nH]c3ccc(C(=O)NNC(=O)COc4ccccc4Cl)cc3c2C1. The van der Waals surface area contributed by atoms with Gasteiger partial charge in [0.2, 0.25) is 0 Å². The van der Waals surface area contributed by atoms with Crippen molar-refractivity contribution in [2.45, 2.75) is 26.2 Å². The van der Waals surface area contributed by atoms with E-state index in [0.29, 0.717) is 22.3 Å². The molecule has 2 aromatic carbocycles. The summed E-state index contributed by atoms with van der Waals surface area (Å²) in [6.45, 7) is 1.99. The van der Waals surface area contributed by atoms with Crippen LogP contribution >= 0.6 is 11.6 Å². The van der Waals surface area contributed by atoms with Gasteiger partial charge in [-0.05, 0) is 61.1 Å². The summed E-state index contributed by atoms with van der Waals surface area (Å²) >= 11 is 5.98. The Hall–Kier alpha value is -2.99. The number of halogens is 1. The fourth-order valence-electron chi connectivity index (χ4n) is 3.67. The third-order valence-electron chi connectivity index (χ3n) is 5.21. The highest BCUT2D eigenvalue weighted by atomic mass is 35.5. The number of para-hydroxylation sites is 1. The molecule has 1 atom stereocenters. The van der Waals surface area contributed by atoms with Gasteiger partial charge in [-0.15, -0.1) is 0 Å². The normalized spacial score (nSPS) is 15.6. The summed E-state index contributed by atoms with van der Waals surface area (Å²) in [6.07, 6.45) is 3.22. The topological polar surface area (TPSA) is 83.2 Å². The molecule has 6 nitrogen and oxygen atoms in total. The quantitative estimate of drug-likeness (QED) is 0.571. The van der Waals surface area contributed by atoms with Crippen LogP contribution in [0.5, 0.6) is 5.75 Å². The van der Waals surface area contributed by atoms with Crippen LogP contribution in [0.1, 0.15) is 35.0 Å². The molecule has 3 N–H and O–H groups in total. The Morgan fingerprint density at radius 3 is 2.86 bits per heavy atom. The first kappa shape index (κ1) is 19.3. The van der Waals surface area contributed by atoms with E-state index in [1.165, 1.54) is 17.7 Å². The third-order valence-corrected chi connectivity index (χ3v) is 5.52. The number of fused-ring (bicyclic) bond motifs is 3. The summed E-state index contributed by atoms with van der Waals surface area (Å²) in [7, 11) is 0. The fraction of sp³-hybridized carbons (Fsp3) is 0.273. The highest BCUT2D eigenvalue weighted by Crippen LogP contribution is 2.32. The molecule has 0 aliphatic heterocycles. The maximum atomic E-state index is 12.5. The fourth-order valence-corrected chi connectivity index (χ4v) is 3.86. The van der Waals surface area contributed by atoms with Crippen LogP contribution < -0.4 is 15.6 Å². The Balaban J connectivity index is 1.38. The van der Waals surface area contributed by atoms with Gasteiger partial charge < -0.3 is 9.72 Å². The summed E-state index contributed by atoms with van der Waals surface area (Å²) in [4.78, 5) is 27.9. The Morgan fingerprint density at radius 2 is 2.03 bits per heavy atom. The molecule has 0 fully saturated rings. The molecule has 1 aliphatic carbocycles. The van der Waals surface area contributed by atoms with E-state index in [-0.39, 0.29) is 12.5 Å². The van der Waals surface area contributed by atoms with E-state index in [0.717, 1.165) is 23.7 Å². The predicted molar refractivity (Wildman–Crippen MR) is 112 cm³/mol. The number of hydrogen-bond donors (Lipinski definition) is 3. The van der Waals surface area contributed by atoms with E-state index in [9.17, 15) is 9.59 Å². The van der Waals surface area contributed by atoms with Crippen molar-refractivity contribution in [1.29, 1.82) is 0 Å². The number of H-pyrrole nitrogens is 1. The molecule has 2 amide bonds. The number of benzene rings is 2. The van der Waals surface area contributed by atoms with Gasteiger partial charge in [-0.2, -0.15) is 0 Å². The van der Waals surface area contributed by atoms with E-state index in [1.54, 1.807) is 30.3 Å². The number of aromatic amines is 1. The van der Waals surface area contributed by atoms with Gasteiger partial charge >= 0.3 is 0 Å². The first-order valence-electron chi connectivity index (χ1n) is 9.61. The summed E-state index contributed by atoms with van der Waals surface area (Å²) in [5.41, 5.74) is 8.89. The zero-order chi connectivity index (χ0) is 20.4. The maximum absolute atomic E-state index is 12.5. The number of carbonyl (C=O) groups is 2. The second-order valence-electron chi connectivity index (χ2n) is 7.41. The standard InChI is InChI=1S/C22H22ClN3O3/c1-13-6-8-18-15(10-13)16-11-14(7-9-19(16)24-18)22(28)26-25-21(27)12-29-20-5-3-2-4-17(20)23/h2-5,7,9,11,13,24H,6,8,10,12H2,1H3,(H,25,27)(H,26,28). The zero-order valence-electron chi connectivity index (χ0n) is 16.0. The van der Waals surface area contributed by atoms with Crippen molar-refractivity contribution in [1.82, 2.24) is 15.8 Å². The van der Waals surface area contributed by atoms with Crippen LogP contribution in [0.25, 0.3) is 10.9 Å². The minimum atomic E-state index is -0.479. The molecule has 1 aromatic heterocycles. The Morgan fingerprint density at radius 1 is 1.21 bits per heavy atom. The average molecular weight is 412 g/mol. The lowest BCUT2D eigenvalue weighted by Crippen LogP contribution is -2.43. The number of hydrogen-bond acceptors (Lipinski definition) is 3. The number of hydrazine groups is 1. The number of aryl methyl sites for hydroxylation is 1. The van der Waals surface area contributed by atoms with Gasteiger partial charge in [0.1, 0.15) is 5.75 Å². The van der Waals surface area contributed by atoms with Crippen molar-refractivity contribution in [2.75, 3.05) is 6.61 Å². The van der Waals surface area contributed by atoms with Gasteiger partial charge in [0, 0.05) is 22.2 Å². The van der Waals surface area contributed by atoms with Gasteiger partial charge in [0.05, 0.1) is 5.02 Å². The van der Waals surface area contributed by atoms with E-state index in [4.69, 9.17) is 16.3 Å². The molecule has 4 rings (SSSR count). The third kappa shape index (κ3) is 4.22. The largest absolute Gasteiger partial charge is 0.482 e. The van der Waals surface area contributed by atoms with Crippen LogP contribution in [0, 0.1) is 5.92 Å². The van der Waals surface area contributed by atoms with Crippen LogP contribution in [0.3, 0.4) is 0 Å². The summed E-state index contributed by atoms with van der Waals surface area (Å²) in [5, 5.41) is 1.49. The molecule has 0 radical (unpaired) electrons. The number of ether oxygens (including phenoxy) is 1. The Kier molecular flexibility index (Phi) is 5.45. The lowest BCUT2D eigenvalue weighted by molar-refractivity contribution is -0.123. The van der Waals surface area contributed by atoms with Crippen LogP contribution in [0.15, 0.2) is 42.5 Å². The number of rotatable bonds is 4. The van der Waals surface area contributed by atoms with E-state index in [1.807, 2.05) is 12.1 Å². The van der Waals surface area contributed by atoms with Crippen LogP contribution in [-0.2, 0) is 17.6 Å². The predicted octanol–water partition coefficient (Wildman–Crippen LogP) is 3.79. The van der Waals surface area contributed by atoms with Crippen LogP contribution in [0.4, 0.5) is 0 Å². The van der Waals surface area contributed by atoms with Gasteiger partial charge in [-0.1, -0.05) is 30.7 Å². The highest BCUT2D eigenvalue weighted by molar-refractivity contribution is 6.32. The van der Waals surface area contributed by atoms with Gasteiger partial charge in [-0.25, -0.2) is 0 Å². The van der Waals surface area contributed by atoms with E-state index >= 15 is 0 Å². The average Bonchev–Trinajstić information content (AvgIpc) is 3.08. The maximum Gasteiger partial charge on any atom is 0.276 e. The first-order valence-corrected chi connectivity index (χ1v) is 9.99. The van der Waals surface area contributed by atoms with Crippen molar-refractivity contribution in [3.05, 3.63) is 64.3 Å². The highest BCUT2D eigenvalue weighted by Gasteiger charge is 2.20. The molecule has 1 unspecified atom stereocenters. The molecule has 0 saturated heterocycles. The van der Waals surface area contributed by atoms with Crippen molar-refractivity contribution < 1.29 is 14.3 Å². The minimum Gasteiger partial charge on any atom is -0.482 e. The van der Waals surface area contributed by atoms with Crippen LogP contribution in [-0.4, -0.2) is 23.4 Å². The van der Waals surface area contributed by atoms with Gasteiger partial charge in [-0.3, -0.25) is 20.4 Å². The lowest BCUT2D eigenvalue weighted by Gasteiger charge is -2.18. The number of nitrogens with one attached hydrogen (secondary N) is 3. The summed E-state index contributed by atoms with van der Waals surface area (Å²) in [5.74, 6) is 0.188. The van der Waals surface area contributed by atoms with Crippen molar-refractivity contribution in [2.24, 2.45) is 5.92 Å². The molecule has 7 heteroatoms. The molecule has 0 bridgehead atoms. The molecule has 29 heavy (non-hydrogen) atoms. The monoisotopic (exact) mass is 411 g/mol.